The fraction of sp³-hybridized carbons (Fsp3) is 0.789. The van der Waals surface area contributed by atoms with Crippen molar-refractivity contribution in [3.63, 3.8) is 0 Å². The summed E-state index contributed by atoms with van der Waals surface area (Å²) in [6.45, 7) is 12.7. The van der Waals surface area contributed by atoms with Crippen molar-refractivity contribution in [3.05, 3.63) is 10.7 Å². The molecule has 143 valence electrons. The number of carbonyl (C=O) groups excluding carboxylic acids is 2. The van der Waals surface area contributed by atoms with Crippen LogP contribution in [-0.2, 0) is 18.8 Å². The van der Waals surface area contributed by atoms with Crippen LogP contribution >= 0.6 is 11.8 Å². The molecule has 0 saturated heterocycles. The van der Waals surface area contributed by atoms with E-state index in [1.807, 2.05) is 0 Å². The molecule has 0 aromatic heterocycles. The molecule has 0 heterocycles. The lowest BCUT2D eigenvalue weighted by atomic mass is 9.79. The summed E-state index contributed by atoms with van der Waals surface area (Å²) in [7, 11) is -0.882. The van der Waals surface area contributed by atoms with Crippen LogP contribution < -0.4 is 0 Å². The van der Waals surface area contributed by atoms with Gasteiger partial charge >= 0.3 is 5.97 Å². The maximum Gasteiger partial charge on any atom is 0.302 e. The summed E-state index contributed by atoms with van der Waals surface area (Å²) < 4.78 is 11.1. The molecule has 25 heavy (non-hydrogen) atoms. The number of ether oxygens (including phenoxy) is 1. The number of esters is 1. The molecule has 1 rings (SSSR count). The molecule has 0 aromatic carbocycles. The highest BCUT2D eigenvalue weighted by Crippen LogP contribution is 2.45. The molecule has 0 N–H and O–H groups in total. The Morgan fingerprint density at radius 2 is 1.84 bits per heavy atom. The number of allylic oxidation sites excluding steroid dienone is 2. The fourth-order valence-corrected chi connectivity index (χ4v) is 4.68. The first-order chi connectivity index (χ1) is 11.6. The molecular weight excluding hydrogens is 352 g/mol. The molecule has 1 aliphatic rings. The zero-order chi connectivity index (χ0) is 19.0. The third-order valence-corrected chi connectivity index (χ3v) is 5.97. The summed E-state index contributed by atoms with van der Waals surface area (Å²) in [6.07, 6.45) is 4.69. The Hall–Kier alpha value is -0.753. The van der Waals surface area contributed by atoms with Crippen molar-refractivity contribution in [2.24, 2.45) is 11.3 Å². The van der Waals surface area contributed by atoms with Crippen LogP contribution in [0.15, 0.2) is 10.7 Å². The summed E-state index contributed by atoms with van der Waals surface area (Å²) in [5.74, 6) is 2.13. The molecule has 6 heteroatoms. The van der Waals surface area contributed by atoms with Crippen LogP contribution in [0.5, 0.6) is 0 Å². The van der Waals surface area contributed by atoms with Gasteiger partial charge in [-0.25, -0.2) is 0 Å². The van der Waals surface area contributed by atoms with Crippen molar-refractivity contribution in [1.82, 2.24) is 0 Å². The molecule has 0 fully saturated rings. The summed E-state index contributed by atoms with van der Waals surface area (Å²) in [6, 6.07) is 0. The van der Waals surface area contributed by atoms with Crippen LogP contribution in [0.25, 0.3) is 0 Å². The van der Waals surface area contributed by atoms with Crippen LogP contribution in [0.3, 0.4) is 0 Å². The predicted molar refractivity (Wildman–Crippen MR) is 106 cm³/mol. The lowest BCUT2D eigenvalue weighted by molar-refractivity contribution is -0.141. The van der Waals surface area contributed by atoms with Gasteiger partial charge in [0.1, 0.15) is 5.76 Å². The molecule has 0 aliphatic heterocycles. The van der Waals surface area contributed by atoms with E-state index in [2.05, 4.69) is 33.9 Å². The van der Waals surface area contributed by atoms with E-state index in [-0.39, 0.29) is 23.1 Å². The molecule has 1 unspecified atom stereocenters. The van der Waals surface area contributed by atoms with Gasteiger partial charge in [-0.3, -0.25) is 9.59 Å². The van der Waals surface area contributed by atoms with Crippen LogP contribution in [-0.4, -0.2) is 33.2 Å². The van der Waals surface area contributed by atoms with Gasteiger partial charge in [0.2, 0.25) is 0 Å². The Kier molecular flexibility index (Phi) is 9.28. The predicted octanol–water partition coefficient (Wildman–Crippen LogP) is 4.96. The molecule has 0 saturated carbocycles. The minimum Gasteiger partial charge on any atom is -0.544 e. The second-order valence-corrected chi connectivity index (χ2v) is 11.0. The maximum absolute atomic E-state index is 12.5. The van der Waals surface area contributed by atoms with E-state index in [0.29, 0.717) is 13.0 Å². The average Bonchev–Trinajstić information content (AvgIpc) is 2.77. The Bertz CT molecular complexity index is 494. The van der Waals surface area contributed by atoms with Gasteiger partial charge in [-0.2, -0.15) is 0 Å². The number of hydrogen-bond acceptors (Lipinski definition) is 5. The van der Waals surface area contributed by atoms with Gasteiger partial charge in [0, 0.05) is 19.3 Å². The number of carbonyl (C=O) groups is 2. The largest absolute Gasteiger partial charge is 0.544 e. The molecule has 0 spiro atoms. The molecule has 4 nitrogen and oxygen atoms in total. The van der Waals surface area contributed by atoms with E-state index in [1.165, 1.54) is 6.92 Å². The maximum atomic E-state index is 12.5. The first kappa shape index (κ1) is 22.3. The number of rotatable bonds is 10. The molecular formula is C19H33O4SSi. The van der Waals surface area contributed by atoms with E-state index in [0.717, 1.165) is 42.1 Å². The fourth-order valence-electron chi connectivity index (χ4n) is 2.80. The smallest absolute Gasteiger partial charge is 0.302 e. The van der Waals surface area contributed by atoms with Crippen molar-refractivity contribution in [2.45, 2.75) is 72.9 Å². The van der Waals surface area contributed by atoms with E-state index >= 15 is 0 Å². The third kappa shape index (κ3) is 7.99. The second-order valence-electron chi connectivity index (χ2n) is 7.85. The number of Topliss-reactive ketones (excluding diaryl/α,β-unsaturated/α-hetero) is 1. The number of hydrogen-bond donors (Lipinski definition) is 0. The second kappa shape index (κ2) is 10.4. The molecule has 0 amide bonds. The van der Waals surface area contributed by atoms with Crippen molar-refractivity contribution in [2.75, 3.05) is 12.4 Å². The van der Waals surface area contributed by atoms with Crippen LogP contribution in [0.2, 0.25) is 13.1 Å². The Balaban J connectivity index is 2.49. The monoisotopic (exact) mass is 385 g/mol. The van der Waals surface area contributed by atoms with Gasteiger partial charge in [0.05, 0.1) is 11.5 Å². The summed E-state index contributed by atoms with van der Waals surface area (Å²) >= 11 is 1.67. The SMILES string of the molecule is CC(=O)OCCCCCCSC1=C(O[Si](C)C)C(C(C)(C)C)CC1=O. The van der Waals surface area contributed by atoms with Gasteiger partial charge in [-0.1, -0.05) is 33.6 Å². The lowest BCUT2D eigenvalue weighted by Crippen LogP contribution is -2.24. The summed E-state index contributed by atoms with van der Waals surface area (Å²) in [5.41, 5.74) is 0.0430. The number of thioether (sulfide) groups is 1. The van der Waals surface area contributed by atoms with Crippen molar-refractivity contribution < 1.29 is 18.8 Å². The average molecular weight is 386 g/mol. The van der Waals surface area contributed by atoms with Crippen LogP contribution in [0.4, 0.5) is 0 Å². The Morgan fingerprint density at radius 3 is 2.40 bits per heavy atom. The van der Waals surface area contributed by atoms with Crippen molar-refractivity contribution in [3.8, 4) is 0 Å². The molecule has 1 radical (unpaired) electrons. The molecule has 0 bridgehead atoms. The first-order valence-corrected chi connectivity index (χ1v) is 12.5. The van der Waals surface area contributed by atoms with E-state index in [9.17, 15) is 9.59 Å². The number of unbranched alkanes of at least 4 members (excludes halogenated alkanes) is 3. The van der Waals surface area contributed by atoms with Crippen LogP contribution in [0, 0.1) is 11.3 Å². The normalized spacial score (nSPS) is 18.2. The van der Waals surface area contributed by atoms with E-state index in [1.54, 1.807) is 11.8 Å². The Morgan fingerprint density at radius 1 is 1.20 bits per heavy atom. The van der Waals surface area contributed by atoms with Gasteiger partial charge in [0.15, 0.2) is 5.78 Å². The lowest BCUT2D eigenvalue weighted by Gasteiger charge is -2.29. The van der Waals surface area contributed by atoms with Crippen molar-refractivity contribution >= 4 is 32.6 Å². The van der Waals surface area contributed by atoms with Crippen LogP contribution in [0.1, 0.15) is 59.8 Å². The van der Waals surface area contributed by atoms with E-state index in [4.69, 9.17) is 9.16 Å². The van der Waals surface area contributed by atoms with Gasteiger partial charge in [-0.05, 0) is 37.1 Å². The Labute approximate surface area is 158 Å². The molecule has 1 aliphatic carbocycles. The minimum atomic E-state index is -0.882. The third-order valence-electron chi connectivity index (χ3n) is 4.13. The summed E-state index contributed by atoms with van der Waals surface area (Å²) in [4.78, 5) is 24.1. The molecule has 0 aromatic rings. The topological polar surface area (TPSA) is 52.6 Å². The standard InChI is InChI=1S/C19H33O4SSi/c1-14(20)22-11-9-7-8-10-12-24-18-16(21)13-15(19(2,3)4)17(18)23-25(5)6/h15H,7-13H2,1-6H3. The van der Waals surface area contributed by atoms with Gasteiger partial charge in [0.25, 0.3) is 9.04 Å². The van der Waals surface area contributed by atoms with Gasteiger partial charge < -0.3 is 9.16 Å². The zero-order valence-corrected chi connectivity index (χ0v) is 18.4. The van der Waals surface area contributed by atoms with Gasteiger partial charge in [-0.15, -0.1) is 11.8 Å². The highest BCUT2D eigenvalue weighted by molar-refractivity contribution is 8.04. The zero-order valence-electron chi connectivity index (χ0n) is 16.6. The van der Waals surface area contributed by atoms with Crippen molar-refractivity contribution in [1.29, 1.82) is 0 Å². The molecule has 1 atom stereocenters. The first-order valence-electron chi connectivity index (χ1n) is 9.14. The minimum absolute atomic E-state index is 0.0430. The summed E-state index contributed by atoms with van der Waals surface area (Å²) in [5, 5.41) is 0. The quantitative estimate of drug-likeness (QED) is 0.302. The number of ketones is 1. The highest BCUT2D eigenvalue weighted by Gasteiger charge is 2.40. The highest BCUT2D eigenvalue weighted by atomic mass is 32.2. The van der Waals surface area contributed by atoms with E-state index < -0.39 is 9.04 Å².